The third-order valence-corrected chi connectivity index (χ3v) is 5.73. The first kappa shape index (κ1) is 16.1. The summed E-state index contributed by atoms with van der Waals surface area (Å²) in [5.41, 5.74) is 7.96. The zero-order valence-corrected chi connectivity index (χ0v) is 13.4. The van der Waals surface area contributed by atoms with Crippen molar-refractivity contribution >= 4 is 21.4 Å². The summed E-state index contributed by atoms with van der Waals surface area (Å²) in [5, 5.41) is 3.84. The second-order valence-corrected chi connectivity index (χ2v) is 7.29. The molecule has 0 unspecified atom stereocenters. The van der Waals surface area contributed by atoms with Crippen molar-refractivity contribution in [2.75, 3.05) is 0 Å². The van der Waals surface area contributed by atoms with Crippen molar-refractivity contribution in [3.05, 3.63) is 51.0 Å². The summed E-state index contributed by atoms with van der Waals surface area (Å²) in [6.45, 7) is 3.63. The molecule has 0 bridgehead atoms. The highest BCUT2D eigenvalue weighted by molar-refractivity contribution is 7.89. The number of hydrogen-bond acceptors (Lipinski definition) is 4. The second kappa shape index (κ2) is 6.23. The molecular formula is C14H17FN2O2S2. The van der Waals surface area contributed by atoms with Crippen LogP contribution in [0.2, 0.25) is 0 Å². The van der Waals surface area contributed by atoms with Gasteiger partial charge in [0.1, 0.15) is 5.82 Å². The van der Waals surface area contributed by atoms with Crippen molar-refractivity contribution in [2.45, 2.75) is 31.8 Å². The lowest BCUT2D eigenvalue weighted by molar-refractivity contribution is 0.573. The molecule has 0 aliphatic rings. The molecule has 0 aliphatic heterocycles. The lowest BCUT2D eigenvalue weighted by atomic mass is 10.1. The summed E-state index contributed by atoms with van der Waals surface area (Å²) in [5.74, 6) is -0.565. The molecule has 7 heteroatoms. The Balaban J connectivity index is 2.31. The predicted octanol–water partition coefficient (Wildman–Crippen LogP) is 2.44. The molecule has 2 aromatic rings. The van der Waals surface area contributed by atoms with Gasteiger partial charge in [0.25, 0.3) is 0 Å². The Labute approximate surface area is 127 Å². The standard InChI is InChI=1S/C14H17FN2O2S2/c1-9-7-20-8-12(9)6-17-21(18,19)14-4-11(5-16)3-13(15)10(14)2/h3-4,7-8,17H,5-6,16H2,1-2H3. The SMILES string of the molecule is Cc1cscc1CNS(=O)(=O)c1cc(CN)cc(F)c1C. The Hall–Kier alpha value is -1.28. The minimum absolute atomic E-state index is 0.0594. The van der Waals surface area contributed by atoms with Crippen LogP contribution in [-0.2, 0) is 23.1 Å². The third kappa shape index (κ3) is 3.49. The number of hydrogen-bond donors (Lipinski definition) is 2. The van der Waals surface area contributed by atoms with Gasteiger partial charge in [0.2, 0.25) is 10.0 Å². The number of sulfonamides is 1. The van der Waals surface area contributed by atoms with Gasteiger partial charge in [0.05, 0.1) is 4.90 Å². The Morgan fingerprint density at radius 1 is 1.29 bits per heavy atom. The number of nitrogens with two attached hydrogens (primary N) is 1. The number of halogens is 1. The first-order valence-corrected chi connectivity index (χ1v) is 8.78. The van der Waals surface area contributed by atoms with Crippen LogP contribution in [0, 0.1) is 19.7 Å². The second-order valence-electron chi connectivity index (χ2n) is 4.81. The van der Waals surface area contributed by atoms with E-state index in [1.807, 2.05) is 17.7 Å². The van der Waals surface area contributed by atoms with E-state index in [1.165, 1.54) is 30.4 Å². The fourth-order valence-corrected chi connectivity index (χ4v) is 4.09. The van der Waals surface area contributed by atoms with Gasteiger partial charge in [-0.3, -0.25) is 0 Å². The average Bonchev–Trinajstić information content (AvgIpc) is 2.84. The first-order valence-electron chi connectivity index (χ1n) is 6.35. The van der Waals surface area contributed by atoms with E-state index in [-0.39, 0.29) is 23.5 Å². The Morgan fingerprint density at radius 3 is 2.57 bits per heavy atom. The fourth-order valence-electron chi connectivity index (χ4n) is 1.92. The molecule has 0 aliphatic carbocycles. The molecule has 4 nitrogen and oxygen atoms in total. The molecule has 1 aromatic carbocycles. The van der Waals surface area contributed by atoms with E-state index < -0.39 is 15.8 Å². The van der Waals surface area contributed by atoms with E-state index in [0.29, 0.717) is 5.56 Å². The number of rotatable bonds is 5. The molecule has 0 saturated carbocycles. The minimum atomic E-state index is -3.78. The molecule has 114 valence electrons. The molecule has 1 heterocycles. The largest absolute Gasteiger partial charge is 0.326 e. The molecular weight excluding hydrogens is 311 g/mol. The van der Waals surface area contributed by atoms with Crippen molar-refractivity contribution in [2.24, 2.45) is 5.73 Å². The molecule has 0 radical (unpaired) electrons. The maximum Gasteiger partial charge on any atom is 0.241 e. The van der Waals surface area contributed by atoms with E-state index in [1.54, 1.807) is 0 Å². The van der Waals surface area contributed by atoms with Gasteiger partial charge in [-0.15, -0.1) is 0 Å². The van der Waals surface area contributed by atoms with Gasteiger partial charge in [-0.1, -0.05) is 0 Å². The topological polar surface area (TPSA) is 72.2 Å². The molecule has 0 atom stereocenters. The lowest BCUT2D eigenvalue weighted by Gasteiger charge is -2.11. The van der Waals surface area contributed by atoms with Crippen molar-refractivity contribution < 1.29 is 12.8 Å². The van der Waals surface area contributed by atoms with Crippen LogP contribution in [0.15, 0.2) is 27.8 Å². The van der Waals surface area contributed by atoms with Crippen LogP contribution in [0.1, 0.15) is 22.3 Å². The third-order valence-electron chi connectivity index (χ3n) is 3.30. The van der Waals surface area contributed by atoms with Crippen LogP contribution < -0.4 is 10.5 Å². The van der Waals surface area contributed by atoms with Crippen LogP contribution in [-0.4, -0.2) is 8.42 Å². The average molecular weight is 328 g/mol. The van der Waals surface area contributed by atoms with E-state index in [0.717, 1.165) is 11.1 Å². The molecule has 0 amide bonds. The summed E-state index contributed by atoms with van der Waals surface area (Å²) in [6.07, 6.45) is 0. The molecule has 0 spiro atoms. The number of nitrogens with one attached hydrogen (secondary N) is 1. The van der Waals surface area contributed by atoms with Gasteiger partial charge in [0, 0.05) is 18.7 Å². The highest BCUT2D eigenvalue weighted by Gasteiger charge is 2.20. The summed E-state index contributed by atoms with van der Waals surface area (Å²) in [6, 6.07) is 2.68. The van der Waals surface area contributed by atoms with E-state index in [4.69, 9.17) is 5.73 Å². The molecule has 2 rings (SSSR count). The van der Waals surface area contributed by atoms with Crippen LogP contribution in [0.5, 0.6) is 0 Å². The highest BCUT2D eigenvalue weighted by Crippen LogP contribution is 2.21. The fraction of sp³-hybridized carbons (Fsp3) is 0.286. The highest BCUT2D eigenvalue weighted by atomic mass is 32.2. The van der Waals surface area contributed by atoms with Gasteiger partial charge >= 0.3 is 0 Å². The molecule has 0 saturated heterocycles. The smallest absolute Gasteiger partial charge is 0.241 e. The molecule has 1 aromatic heterocycles. The minimum Gasteiger partial charge on any atom is -0.326 e. The van der Waals surface area contributed by atoms with Crippen LogP contribution >= 0.6 is 11.3 Å². The Morgan fingerprint density at radius 2 is 2.00 bits per heavy atom. The van der Waals surface area contributed by atoms with Crippen LogP contribution in [0.3, 0.4) is 0 Å². The first-order chi connectivity index (χ1) is 9.85. The number of thiophene rings is 1. The summed E-state index contributed by atoms with van der Waals surface area (Å²) < 4.78 is 41.0. The van der Waals surface area contributed by atoms with Crippen molar-refractivity contribution in [1.29, 1.82) is 0 Å². The van der Waals surface area contributed by atoms with Gasteiger partial charge in [0.15, 0.2) is 0 Å². The summed E-state index contributed by atoms with van der Waals surface area (Å²) in [7, 11) is -3.78. The van der Waals surface area contributed by atoms with E-state index in [2.05, 4.69) is 4.72 Å². The molecule has 3 N–H and O–H groups in total. The maximum absolute atomic E-state index is 13.8. The van der Waals surface area contributed by atoms with Crippen LogP contribution in [0.25, 0.3) is 0 Å². The number of benzene rings is 1. The summed E-state index contributed by atoms with van der Waals surface area (Å²) in [4.78, 5) is -0.0594. The zero-order valence-electron chi connectivity index (χ0n) is 11.8. The van der Waals surface area contributed by atoms with E-state index in [9.17, 15) is 12.8 Å². The predicted molar refractivity (Wildman–Crippen MR) is 82.1 cm³/mol. The number of aryl methyl sites for hydroxylation is 1. The van der Waals surface area contributed by atoms with Crippen LogP contribution in [0.4, 0.5) is 4.39 Å². The zero-order chi connectivity index (χ0) is 15.6. The lowest BCUT2D eigenvalue weighted by Crippen LogP contribution is -2.24. The monoisotopic (exact) mass is 328 g/mol. The van der Waals surface area contributed by atoms with Gasteiger partial charge in [-0.05, 0) is 53.4 Å². The maximum atomic E-state index is 13.8. The Kier molecular flexibility index (Phi) is 4.77. The van der Waals surface area contributed by atoms with Gasteiger partial charge in [-0.25, -0.2) is 17.5 Å². The van der Waals surface area contributed by atoms with Crippen molar-refractivity contribution in [3.8, 4) is 0 Å². The van der Waals surface area contributed by atoms with Crippen molar-refractivity contribution in [3.63, 3.8) is 0 Å². The normalized spacial score (nSPS) is 11.8. The van der Waals surface area contributed by atoms with Gasteiger partial charge < -0.3 is 5.73 Å². The quantitative estimate of drug-likeness (QED) is 0.885. The van der Waals surface area contributed by atoms with E-state index >= 15 is 0 Å². The Bertz CT molecular complexity index is 754. The summed E-state index contributed by atoms with van der Waals surface area (Å²) >= 11 is 1.51. The molecule has 21 heavy (non-hydrogen) atoms. The van der Waals surface area contributed by atoms with Crippen molar-refractivity contribution in [1.82, 2.24) is 4.72 Å². The molecule has 0 fully saturated rings. The van der Waals surface area contributed by atoms with Gasteiger partial charge in [-0.2, -0.15) is 11.3 Å².